The zero-order chi connectivity index (χ0) is 11.4. The molecule has 4 rings (SSSR count). The Labute approximate surface area is 97.6 Å². The van der Waals surface area contributed by atoms with E-state index in [4.69, 9.17) is 5.41 Å². The molecular weight excluding hydrogens is 210 g/mol. The molecule has 1 aliphatic rings. The first kappa shape index (κ1) is 8.70. The number of imidazole rings is 1. The van der Waals surface area contributed by atoms with Crippen LogP contribution in [0.5, 0.6) is 0 Å². The summed E-state index contributed by atoms with van der Waals surface area (Å²) in [5.41, 5.74) is 6.79. The summed E-state index contributed by atoms with van der Waals surface area (Å²) in [6.45, 7) is 0. The number of rotatable bonds is 0. The van der Waals surface area contributed by atoms with Crippen LogP contribution in [0, 0.1) is 5.41 Å². The van der Waals surface area contributed by atoms with Gasteiger partial charge in [-0.1, -0.05) is 24.3 Å². The van der Waals surface area contributed by atoms with Crippen LogP contribution in [0.1, 0.15) is 11.1 Å². The number of benzene rings is 2. The van der Waals surface area contributed by atoms with E-state index in [0.29, 0.717) is 5.71 Å². The Balaban J connectivity index is 2.16. The lowest BCUT2D eigenvalue weighted by Gasteiger charge is -1.99. The fraction of sp³-hybridized carbons (Fsp3) is 0. The highest BCUT2D eigenvalue weighted by atomic mass is 14.9. The summed E-state index contributed by atoms with van der Waals surface area (Å²) in [5.74, 6) is 0. The molecule has 0 saturated heterocycles. The Bertz CT molecular complexity index is 768. The van der Waals surface area contributed by atoms with Gasteiger partial charge in [0.2, 0.25) is 0 Å². The number of aromatic amines is 1. The maximum Gasteiger partial charge on any atom is 0.0931 e. The molecule has 80 valence electrons. The first-order chi connectivity index (χ1) is 8.34. The first-order valence-corrected chi connectivity index (χ1v) is 5.50. The lowest BCUT2D eigenvalue weighted by atomic mass is 10.1. The van der Waals surface area contributed by atoms with Crippen LogP contribution < -0.4 is 0 Å². The van der Waals surface area contributed by atoms with E-state index in [9.17, 15) is 0 Å². The van der Waals surface area contributed by atoms with E-state index in [2.05, 4.69) is 22.1 Å². The number of nitrogens with one attached hydrogen (secondary N) is 2. The lowest BCUT2D eigenvalue weighted by Crippen LogP contribution is -1.94. The van der Waals surface area contributed by atoms with E-state index in [-0.39, 0.29) is 0 Å². The van der Waals surface area contributed by atoms with Crippen molar-refractivity contribution in [2.24, 2.45) is 0 Å². The third-order valence-corrected chi connectivity index (χ3v) is 3.32. The van der Waals surface area contributed by atoms with Crippen molar-refractivity contribution in [3.63, 3.8) is 0 Å². The minimum atomic E-state index is 0.604. The van der Waals surface area contributed by atoms with Crippen molar-refractivity contribution in [2.75, 3.05) is 0 Å². The molecule has 0 aliphatic heterocycles. The van der Waals surface area contributed by atoms with Crippen molar-refractivity contribution >= 4 is 16.7 Å². The van der Waals surface area contributed by atoms with Crippen LogP contribution in [0.15, 0.2) is 42.7 Å². The molecule has 1 aliphatic carbocycles. The molecule has 2 N–H and O–H groups in total. The van der Waals surface area contributed by atoms with Gasteiger partial charge in [0, 0.05) is 11.1 Å². The lowest BCUT2D eigenvalue weighted by molar-refractivity contribution is 1.34. The molecule has 2 aromatic carbocycles. The van der Waals surface area contributed by atoms with Crippen LogP contribution in [-0.2, 0) is 0 Å². The fourth-order valence-electron chi connectivity index (χ4n) is 2.49. The Morgan fingerprint density at radius 1 is 0.941 bits per heavy atom. The predicted molar refractivity (Wildman–Crippen MR) is 67.5 cm³/mol. The van der Waals surface area contributed by atoms with Crippen LogP contribution in [0.2, 0.25) is 0 Å². The van der Waals surface area contributed by atoms with Gasteiger partial charge in [0.15, 0.2) is 0 Å². The molecule has 3 nitrogen and oxygen atoms in total. The van der Waals surface area contributed by atoms with Crippen LogP contribution in [0.3, 0.4) is 0 Å². The Kier molecular flexibility index (Phi) is 1.45. The smallest absolute Gasteiger partial charge is 0.0931 e. The first-order valence-electron chi connectivity index (χ1n) is 5.50. The summed E-state index contributed by atoms with van der Waals surface area (Å²) in [6.07, 6.45) is 1.69. The van der Waals surface area contributed by atoms with Crippen molar-refractivity contribution < 1.29 is 0 Å². The van der Waals surface area contributed by atoms with Crippen LogP contribution in [-0.4, -0.2) is 15.7 Å². The van der Waals surface area contributed by atoms with Gasteiger partial charge in [-0.15, -0.1) is 0 Å². The second-order valence-electron chi connectivity index (χ2n) is 4.24. The normalized spacial score (nSPS) is 12.8. The minimum Gasteiger partial charge on any atom is -0.345 e. The van der Waals surface area contributed by atoms with Gasteiger partial charge in [0.05, 0.1) is 23.1 Å². The molecule has 0 amide bonds. The predicted octanol–water partition coefficient (Wildman–Crippen LogP) is 2.96. The van der Waals surface area contributed by atoms with E-state index in [1.165, 1.54) is 0 Å². The van der Waals surface area contributed by atoms with E-state index in [1.807, 2.05) is 24.3 Å². The van der Waals surface area contributed by atoms with E-state index < -0.39 is 0 Å². The molecule has 0 fully saturated rings. The second kappa shape index (κ2) is 2.83. The van der Waals surface area contributed by atoms with Gasteiger partial charge in [-0.25, -0.2) is 4.98 Å². The van der Waals surface area contributed by atoms with Crippen molar-refractivity contribution in [3.8, 4) is 11.1 Å². The van der Waals surface area contributed by atoms with E-state index in [0.717, 1.165) is 33.3 Å². The molecule has 0 atom stereocenters. The Morgan fingerprint density at radius 3 is 2.65 bits per heavy atom. The standard InChI is InChI=1S/C14H9N3/c15-14-9-4-2-1-3-8(9)10-5-12-13(6-11(10)14)17-7-16-12/h1-7,15H,(H,16,17). The topological polar surface area (TPSA) is 52.5 Å². The fourth-order valence-corrected chi connectivity index (χ4v) is 2.49. The summed E-state index contributed by atoms with van der Waals surface area (Å²) < 4.78 is 0. The monoisotopic (exact) mass is 219 g/mol. The molecule has 0 radical (unpaired) electrons. The number of aromatic nitrogens is 2. The van der Waals surface area contributed by atoms with Gasteiger partial charge in [-0.3, -0.25) is 5.41 Å². The average molecular weight is 219 g/mol. The molecule has 0 spiro atoms. The largest absolute Gasteiger partial charge is 0.345 e. The summed E-state index contributed by atoms with van der Waals surface area (Å²) in [7, 11) is 0. The van der Waals surface area contributed by atoms with Crippen molar-refractivity contribution in [1.29, 1.82) is 5.41 Å². The van der Waals surface area contributed by atoms with Gasteiger partial charge in [0.1, 0.15) is 0 Å². The van der Waals surface area contributed by atoms with E-state index in [1.54, 1.807) is 6.33 Å². The van der Waals surface area contributed by atoms with Crippen LogP contribution in [0.25, 0.3) is 22.2 Å². The number of hydrogen-bond acceptors (Lipinski definition) is 2. The maximum atomic E-state index is 8.21. The highest BCUT2D eigenvalue weighted by Crippen LogP contribution is 2.37. The maximum absolute atomic E-state index is 8.21. The molecule has 0 bridgehead atoms. The molecule has 0 saturated carbocycles. The van der Waals surface area contributed by atoms with Crippen LogP contribution in [0.4, 0.5) is 0 Å². The summed E-state index contributed by atoms with van der Waals surface area (Å²) >= 11 is 0. The van der Waals surface area contributed by atoms with Crippen molar-refractivity contribution in [1.82, 2.24) is 9.97 Å². The molecule has 0 unspecified atom stereocenters. The zero-order valence-corrected chi connectivity index (χ0v) is 8.99. The number of nitrogens with zero attached hydrogens (tertiary/aromatic N) is 1. The highest BCUT2D eigenvalue weighted by molar-refractivity contribution is 6.24. The molecule has 3 heteroatoms. The van der Waals surface area contributed by atoms with Gasteiger partial charge in [0.25, 0.3) is 0 Å². The van der Waals surface area contributed by atoms with Crippen molar-refractivity contribution in [3.05, 3.63) is 53.9 Å². The number of hydrogen-bond donors (Lipinski definition) is 2. The second-order valence-corrected chi connectivity index (χ2v) is 4.24. The van der Waals surface area contributed by atoms with Gasteiger partial charge in [-0.05, 0) is 23.3 Å². The quantitative estimate of drug-likeness (QED) is 0.469. The van der Waals surface area contributed by atoms with Crippen LogP contribution >= 0.6 is 0 Å². The number of H-pyrrole nitrogens is 1. The minimum absolute atomic E-state index is 0.604. The Hall–Kier alpha value is -2.42. The molecule has 1 aromatic heterocycles. The van der Waals surface area contributed by atoms with Gasteiger partial charge >= 0.3 is 0 Å². The molecule has 1 heterocycles. The summed E-state index contributed by atoms with van der Waals surface area (Å²) in [6, 6.07) is 12.1. The third kappa shape index (κ3) is 1.00. The zero-order valence-electron chi connectivity index (χ0n) is 8.99. The number of fused-ring (bicyclic) bond motifs is 4. The summed E-state index contributed by atoms with van der Waals surface area (Å²) in [4.78, 5) is 7.36. The Morgan fingerprint density at radius 2 is 1.76 bits per heavy atom. The SMILES string of the molecule is N=C1c2ccccc2-c2cc3nc[nH]c3cc21. The summed E-state index contributed by atoms with van der Waals surface area (Å²) in [5, 5.41) is 8.21. The van der Waals surface area contributed by atoms with Crippen molar-refractivity contribution in [2.45, 2.75) is 0 Å². The third-order valence-electron chi connectivity index (χ3n) is 3.32. The highest BCUT2D eigenvalue weighted by Gasteiger charge is 2.23. The average Bonchev–Trinajstić information content (AvgIpc) is 2.92. The molecule has 3 aromatic rings. The molecular formula is C14H9N3. The van der Waals surface area contributed by atoms with Gasteiger partial charge in [-0.2, -0.15) is 0 Å². The van der Waals surface area contributed by atoms with Gasteiger partial charge < -0.3 is 4.98 Å². The molecule has 17 heavy (non-hydrogen) atoms. The van der Waals surface area contributed by atoms with E-state index >= 15 is 0 Å².